The summed E-state index contributed by atoms with van der Waals surface area (Å²) in [5.74, 6) is 0.250. The van der Waals surface area contributed by atoms with Crippen LogP contribution < -0.4 is 0 Å². The minimum atomic E-state index is -0.112. The Hall–Kier alpha value is -1.57. The molecule has 0 unspecified atom stereocenters. The van der Waals surface area contributed by atoms with Crippen LogP contribution in [-0.4, -0.2) is 12.6 Å². The fraction of sp³-hybridized carbons (Fsp3) is 0.625. The van der Waals surface area contributed by atoms with Gasteiger partial charge in [0.2, 0.25) is 0 Å². The first-order valence-corrected chi connectivity index (χ1v) is 10.3. The van der Waals surface area contributed by atoms with E-state index in [4.69, 9.17) is 4.74 Å². The number of rotatable bonds is 3. The fourth-order valence-electron chi connectivity index (χ4n) is 5.54. The molecule has 140 valence electrons. The Morgan fingerprint density at radius 2 is 2.08 bits per heavy atom. The van der Waals surface area contributed by atoms with Gasteiger partial charge in [-0.1, -0.05) is 56.2 Å². The van der Waals surface area contributed by atoms with Crippen LogP contribution in [0.25, 0.3) is 0 Å². The van der Waals surface area contributed by atoms with E-state index in [1.165, 1.54) is 35.1 Å². The number of ether oxygens (including phenoxy) is 1. The molecule has 4 rings (SSSR count). The maximum Gasteiger partial charge on any atom is 0.313 e. The zero-order valence-corrected chi connectivity index (χ0v) is 16.7. The van der Waals surface area contributed by atoms with E-state index in [-0.39, 0.29) is 22.7 Å². The van der Waals surface area contributed by atoms with Crippen molar-refractivity contribution in [1.29, 1.82) is 0 Å². The van der Waals surface area contributed by atoms with Crippen molar-refractivity contribution in [3.05, 3.63) is 46.6 Å². The summed E-state index contributed by atoms with van der Waals surface area (Å²) in [6.07, 6.45) is 16.0. The van der Waals surface area contributed by atoms with E-state index in [1.807, 2.05) is 0 Å². The second-order valence-corrected chi connectivity index (χ2v) is 9.46. The lowest BCUT2D eigenvalue weighted by molar-refractivity contribution is -0.148. The standard InChI is InChI=1S/C24H32O2/c1-16(2)15-26-22(25)18-14-17-8-5-6-12-24(17,4)20-10-13-23(3)11-7-9-19(23)21(18)20/h6,8-9,12,16,18H,5,7,10-11,13-15H2,1-4H3/t18-,23+,24+/m1/s1. The molecule has 4 aliphatic carbocycles. The lowest BCUT2D eigenvalue weighted by atomic mass is 9.55. The molecule has 0 spiro atoms. The molecule has 2 heteroatoms. The molecule has 2 nitrogen and oxygen atoms in total. The van der Waals surface area contributed by atoms with E-state index in [1.54, 1.807) is 0 Å². The molecule has 0 fully saturated rings. The van der Waals surface area contributed by atoms with E-state index < -0.39 is 0 Å². The Bertz CT molecular complexity index is 748. The number of esters is 1. The van der Waals surface area contributed by atoms with Gasteiger partial charge < -0.3 is 4.74 Å². The number of hydrogen-bond donors (Lipinski definition) is 0. The number of allylic oxidation sites excluding steroid dienone is 7. The lowest BCUT2D eigenvalue weighted by Crippen LogP contribution is -2.39. The van der Waals surface area contributed by atoms with Gasteiger partial charge in [-0.2, -0.15) is 0 Å². The fourth-order valence-corrected chi connectivity index (χ4v) is 5.54. The Kier molecular flexibility index (Phi) is 4.28. The molecule has 0 aliphatic heterocycles. The van der Waals surface area contributed by atoms with Crippen molar-refractivity contribution in [2.75, 3.05) is 6.61 Å². The Morgan fingerprint density at radius 1 is 1.27 bits per heavy atom. The van der Waals surface area contributed by atoms with E-state index in [9.17, 15) is 4.79 Å². The minimum Gasteiger partial charge on any atom is -0.465 e. The summed E-state index contributed by atoms with van der Waals surface area (Å²) in [4.78, 5) is 13.1. The highest BCUT2D eigenvalue weighted by atomic mass is 16.5. The molecular formula is C24H32O2. The van der Waals surface area contributed by atoms with E-state index in [0.717, 1.165) is 25.7 Å². The normalized spacial score (nSPS) is 35.5. The van der Waals surface area contributed by atoms with Gasteiger partial charge in [0.25, 0.3) is 0 Å². The molecule has 0 aromatic carbocycles. The van der Waals surface area contributed by atoms with Crippen LogP contribution >= 0.6 is 0 Å². The molecule has 0 aromatic rings. The molecule has 0 saturated carbocycles. The average molecular weight is 353 g/mol. The van der Waals surface area contributed by atoms with Crippen molar-refractivity contribution in [3.8, 4) is 0 Å². The zero-order valence-electron chi connectivity index (χ0n) is 16.7. The summed E-state index contributed by atoms with van der Waals surface area (Å²) in [5, 5.41) is 0. The van der Waals surface area contributed by atoms with E-state index in [2.05, 4.69) is 52.0 Å². The largest absolute Gasteiger partial charge is 0.465 e. The second-order valence-electron chi connectivity index (χ2n) is 9.46. The minimum absolute atomic E-state index is 0.00711. The van der Waals surface area contributed by atoms with Crippen molar-refractivity contribution in [1.82, 2.24) is 0 Å². The summed E-state index contributed by atoms with van der Waals surface area (Å²) in [6, 6.07) is 0. The van der Waals surface area contributed by atoms with Gasteiger partial charge in [0.15, 0.2) is 0 Å². The maximum absolute atomic E-state index is 13.1. The highest BCUT2D eigenvalue weighted by Gasteiger charge is 2.50. The van der Waals surface area contributed by atoms with Gasteiger partial charge in [-0.15, -0.1) is 0 Å². The zero-order chi connectivity index (χ0) is 18.5. The summed E-state index contributed by atoms with van der Waals surface area (Å²) in [6.45, 7) is 9.47. The molecule has 4 aliphatic rings. The summed E-state index contributed by atoms with van der Waals surface area (Å²) in [7, 11) is 0. The molecule has 0 N–H and O–H groups in total. The molecule has 0 bridgehead atoms. The SMILES string of the molecule is CC(C)COC(=O)[C@@H]1CC2=CCC=C[C@]2(C)C2=C1C1=CCC[C@@]1(C)CC2. The number of carbonyl (C=O) groups is 1. The maximum atomic E-state index is 13.1. The molecule has 0 amide bonds. The number of fused-ring (bicyclic) bond motifs is 4. The van der Waals surface area contributed by atoms with Crippen LogP contribution in [0.4, 0.5) is 0 Å². The molecule has 0 aromatic heterocycles. The highest BCUT2D eigenvalue weighted by Crippen LogP contribution is 2.61. The van der Waals surface area contributed by atoms with E-state index >= 15 is 0 Å². The predicted octanol–water partition coefficient (Wildman–Crippen LogP) is 5.92. The van der Waals surface area contributed by atoms with Crippen molar-refractivity contribution in [2.45, 2.75) is 66.2 Å². The lowest BCUT2D eigenvalue weighted by Gasteiger charge is -2.49. The van der Waals surface area contributed by atoms with Crippen LogP contribution in [0.3, 0.4) is 0 Å². The van der Waals surface area contributed by atoms with Crippen LogP contribution in [-0.2, 0) is 9.53 Å². The van der Waals surface area contributed by atoms with Crippen molar-refractivity contribution in [3.63, 3.8) is 0 Å². The first-order valence-electron chi connectivity index (χ1n) is 10.3. The van der Waals surface area contributed by atoms with Crippen LogP contribution in [0.5, 0.6) is 0 Å². The predicted molar refractivity (Wildman–Crippen MR) is 106 cm³/mol. The first kappa shape index (κ1) is 17.8. The van der Waals surface area contributed by atoms with E-state index in [0.29, 0.717) is 12.5 Å². The monoisotopic (exact) mass is 352 g/mol. The third-order valence-electron chi connectivity index (χ3n) is 7.10. The topological polar surface area (TPSA) is 26.3 Å². The smallest absolute Gasteiger partial charge is 0.313 e. The second kappa shape index (κ2) is 6.25. The van der Waals surface area contributed by atoms with Gasteiger partial charge in [0.05, 0.1) is 12.5 Å². The van der Waals surface area contributed by atoms with Crippen molar-refractivity contribution in [2.24, 2.45) is 22.7 Å². The van der Waals surface area contributed by atoms with Crippen LogP contribution in [0.15, 0.2) is 46.6 Å². The van der Waals surface area contributed by atoms with Gasteiger partial charge in [0, 0.05) is 5.41 Å². The molecule has 26 heavy (non-hydrogen) atoms. The number of hydrogen-bond acceptors (Lipinski definition) is 2. The van der Waals surface area contributed by atoms with Crippen molar-refractivity contribution < 1.29 is 9.53 Å². The van der Waals surface area contributed by atoms with Gasteiger partial charge in [-0.3, -0.25) is 4.79 Å². The average Bonchev–Trinajstić information content (AvgIpc) is 3.00. The van der Waals surface area contributed by atoms with Gasteiger partial charge in [-0.05, 0) is 67.9 Å². The van der Waals surface area contributed by atoms with Gasteiger partial charge in [0.1, 0.15) is 0 Å². The van der Waals surface area contributed by atoms with Crippen molar-refractivity contribution >= 4 is 5.97 Å². The molecule has 0 saturated heterocycles. The van der Waals surface area contributed by atoms with Crippen LogP contribution in [0.2, 0.25) is 0 Å². The summed E-state index contributed by atoms with van der Waals surface area (Å²) < 4.78 is 5.74. The summed E-state index contributed by atoms with van der Waals surface area (Å²) >= 11 is 0. The summed E-state index contributed by atoms with van der Waals surface area (Å²) in [5.41, 5.74) is 5.98. The molecule has 3 atom stereocenters. The third-order valence-corrected chi connectivity index (χ3v) is 7.10. The van der Waals surface area contributed by atoms with Gasteiger partial charge in [-0.25, -0.2) is 0 Å². The highest BCUT2D eigenvalue weighted by molar-refractivity contribution is 5.80. The Balaban J connectivity index is 1.80. The van der Waals surface area contributed by atoms with Crippen LogP contribution in [0, 0.1) is 22.7 Å². The molecule has 0 heterocycles. The van der Waals surface area contributed by atoms with Crippen LogP contribution in [0.1, 0.15) is 66.2 Å². The quantitative estimate of drug-likeness (QED) is 0.466. The Morgan fingerprint density at radius 3 is 2.85 bits per heavy atom. The molecular weight excluding hydrogens is 320 g/mol. The van der Waals surface area contributed by atoms with Gasteiger partial charge >= 0.3 is 5.97 Å². The number of carbonyl (C=O) groups excluding carboxylic acids is 1. The Labute approximate surface area is 158 Å². The first-order chi connectivity index (χ1) is 12.3. The molecule has 0 radical (unpaired) electrons. The third kappa shape index (κ3) is 2.64.